The number of nitrogens with one attached hydrogen (secondary N) is 2. The van der Waals surface area contributed by atoms with E-state index in [9.17, 15) is 4.79 Å². The molecule has 1 aromatic heterocycles. The van der Waals surface area contributed by atoms with Crippen molar-refractivity contribution in [2.24, 2.45) is 0 Å². The van der Waals surface area contributed by atoms with Gasteiger partial charge >= 0.3 is 0 Å². The molecule has 0 aliphatic heterocycles. The molecule has 3 rings (SSSR count). The fourth-order valence-corrected chi connectivity index (χ4v) is 2.39. The van der Waals surface area contributed by atoms with Gasteiger partial charge in [0.05, 0.1) is 5.69 Å². The molecule has 138 valence electrons. The quantitative estimate of drug-likeness (QED) is 0.686. The first-order chi connectivity index (χ1) is 12.9. The van der Waals surface area contributed by atoms with E-state index in [0.717, 1.165) is 0 Å². The molecule has 0 aliphatic carbocycles. The highest BCUT2D eigenvalue weighted by molar-refractivity contribution is 6.04. The number of ether oxygens (including phenoxy) is 1. The normalized spacial score (nSPS) is 10.9. The van der Waals surface area contributed by atoms with Crippen LogP contribution in [0.15, 0.2) is 67.0 Å². The summed E-state index contributed by atoms with van der Waals surface area (Å²) in [5, 5.41) is 6.08. The van der Waals surface area contributed by atoms with Crippen LogP contribution in [0.2, 0.25) is 0 Å². The molecule has 6 nitrogen and oxygen atoms in total. The number of carbonyl (C=O) groups excluding carboxylic acids is 1. The zero-order valence-corrected chi connectivity index (χ0v) is 15.6. The Kier molecular flexibility index (Phi) is 5.35. The fraction of sp³-hybridized carbons (Fsp3) is 0.190. The van der Waals surface area contributed by atoms with Gasteiger partial charge in [0, 0.05) is 11.6 Å². The molecule has 0 bridgehead atoms. The van der Waals surface area contributed by atoms with Gasteiger partial charge in [0.2, 0.25) is 0 Å². The largest absolute Gasteiger partial charge is 0.455 e. The number of anilines is 2. The van der Waals surface area contributed by atoms with E-state index in [0.29, 0.717) is 23.0 Å². The van der Waals surface area contributed by atoms with Crippen LogP contribution in [0.4, 0.5) is 11.5 Å². The average Bonchev–Trinajstić information content (AvgIpc) is 2.63. The minimum atomic E-state index is -0.335. The van der Waals surface area contributed by atoms with Crippen molar-refractivity contribution >= 4 is 17.4 Å². The van der Waals surface area contributed by atoms with Crippen LogP contribution in [0.5, 0.6) is 11.5 Å². The molecular weight excluding hydrogens is 340 g/mol. The van der Waals surface area contributed by atoms with E-state index in [2.05, 4.69) is 20.6 Å². The topological polar surface area (TPSA) is 76.1 Å². The van der Waals surface area contributed by atoms with E-state index in [4.69, 9.17) is 4.74 Å². The lowest BCUT2D eigenvalue weighted by Crippen LogP contribution is -2.27. The molecule has 0 saturated carbocycles. The number of benzene rings is 2. The Morgan fingerprint density at radius 1 is 0.963 bits per heavy atom. The van der Waals surface area contributed by atoms with Crippen molar-refractivity contribution in [3.63, 3.8) is 0 Å². The highest BCUT2D eigenvalue weighted by Gasteiger charge is 2.15. The molecule has 0 aliphatic rings. The molecule has 0 atom stereocenters. The molecule has 1 heterocycles. The van der Waals surface area contributed by atoms with Crippen LogP contribution in [0.25, 0.3) is 0 Å². The Morgan fingerprint density at radius 2 is 1.67 bits per heavy atom. The van der Waals surface area contributed by atoms with E-state index in [1.165, 1.54) is 6.33 Å². The SMILES string of the molecule is CC(C)(C)Nc1cc(C(=O)Nc2ccccc2Oc2ccccc2)ncn1. The van der Waals surface area contributed by atoms with Gasteiger partial charge in [-0.3, -0.25) is 4.79 Å². The third-order valence-electron chi connectivity index (χ3n) is 3.51. The van der Waals surface area contributed by atoms with Gasteiger partial charge in [0.15, 0.2) is 5.75 Å². The van der Waals surface area contributed by atoms with Gasteiger partial charge in [-0.05, 0) is 45.0 Å². The molecule has 0 spiro atoms. The maximum absolute atomic E-state index is 12.7. The third kappa shape index (κ3) is 5.28. The summed E-state index contributed by atoms with van der Waals surface area (Å²) >= 11 is 0. The second-order valence-electron chi connectivity index (χ2n) is 7.03. The Balaban J connectivity index is 1.78. The van der Waals surface area contributed by atoms with Crippen LogP contribution in [-0.4, -0.2) is 21.4 Å². The predicted molar refractivity (Wildman–Crippen MR) is 106 cm³/mol. The lowest BCUT2D eigenvalue weighted by atomic mass is 10.1. The lowest BCUT2D eigenvalue weighted by molar-refractivity contribution is 0.102. The number of aromatic nitrogens is 2. The highest BCUT2D eigenvalue weighted by Crippen LogP contribution is 2.29. The van der Waals surface area contributed by atoms with Crippen molar-refractivity contribution < 1.29 is 9.53 Å². The molecule has 0 fully saturated rings. The molecule has 0 radical (unpaired) electrons. The van der Waals surface area contributed by atoms with Crippen molar-refractivity contribution in [1.29, 1.82) is 0 Å². The van der Waals surface area contributed by atoms with Crippen LogP contribution in [0.3, 0.4) is 0 Å². The molecule has 1 amide bonds. The summed E-state index contributed by atoms with van der Waals surface area (Å²) in [7, 11) is 0. The molecule has 0 unspecified atom stereocenters. The predicted octanol–water partition coefficient (Wildman–Crippen LogP) is 4.73. The number of hydrogen-bond acceptors (Lipinski definition) is 5. The second-order valence-corrected chi connectivity index (χ2v) is 7.03. The molecule has 27 heavy (non-hydrogen) atoms. The molecule has 3 aromatic rings. The van der Waals surface area contributed by atoms with Crippen LogP contribution < -0.4 is 15.4 Å². The third-order valence-corrected chi connectivity index (χ3v) is 3.51. The van der Waals surface area contributed by atoms with Crippen LogP contribution >= 0.6 is 0 Å². The number of nitrogens with zero attached hydrogens (tertiary/aromatic N) is 2. The summed E-state index contributed by atoms with van der Waals surface area (Å²) in [4.78, 5) is 20.9. The average molecular weight is 362 g/mol. The van der Waals surface area contributed by atoms with Gasteiger partial charge in [-0.1, -0.05) is 30.3 Å². The Labute approximate surface area is 158 Å². The Hall–Kier alpha value is -3.41. The summed E-state index contributed by atoms with van der Waals surface area (Å²) < 4.78 is 5.88. The summed E-state index contributed by atoms with van der Waals surface area (Å²) in [6.07, 6.45) is 1.37. The highest BCUT2D eigenvalue weighted by atomic mass is 16.5. The summed E-state index contributed by atoms with van der Waals surface area (Å²) in [6, 6.07) is 18.3. The van der Waals surface area contributed by atoms with Gasteiger partial charge < -0.3 is 15.4 Å². The van der Waals surface area contributed by atoms with E-state index in [-0.39, 0.29) is 17.1 Å². The first kappa shape index (κ1) is 18.4. The molecular formula is C21H22N4O2. The number of rotatable bonds is 5. The zero-order chi connectivity index (χ0) is 19.3. The zero-order valence-electron chi connectivity index (χ0n) is 15.6. The first-order valence-corrected chi connectivity index (χ1v) is 8.64. The van der Waals surface area contributed by atoms with Crippen molar-refractivity contribution in [2.75, 3.05) is 10.6 Å². The second kappa shape index (κ2) is 7.86. The minimum absolute atomic E-state index is 0.168. The van der Waals surface area contributed by atoms with Gasteiger partial charge in [0.1, 0.15) is 23.6 Å². The van der Waals surface area contributed by atoms with E-state index in [1.54, 1.807) is 18.2 Å². The van der Waals surface area contributed by atoms with Crippen molar-refractivity contribution in [3.8, 4) is 11.5 Å². The Morgan fingerprint density at radius 3 is 2.41 bits per heavy atom. The van der Waals surface area contributed by atoms with Gasteiger partial charge in [-0.2, -0.15) is 0 Å². The number of para-hydroxylation sites is 3. The monoisotopic (exact) mass is 362 g/mol. The molecule has 6 heteroatoms. The van der Waals surface area contributed by atoms with Crippen molar-refractivity contribution in [1.82, 2.24) is 9.97 Å². The number of hydrogen-bond donors (Lipinski definition) is 2. The smallest absolute Gasteiger partial charge is 0.274 e. The van der Waals surface area contributed by atoms with Crippen LogP contribution in [0.1, 0.15) is 31.3 Å². The fourth-order valence-electron chi connectivity index (χ4n) is 2.39. The summed E-state index contributed by atoms with van der Waals surface area (Å²) in [6.45, 7) is 6.06. The molecule has 2 aromatic carbocycles. The van der Waals surface area contributed by atoms with Crippen LogP contribution in [0, 0.1) is 0 Å². The van der Waals surface area contributed by atoms with Gasteiger partial charge in [0.25, 0.3) is 5.91 Å². The summed E-state index contributed by atoms with van der Waals surface area (Å²) in [5.41, 5.74) is 0.666. The number of amides is 1. The first-order valence-electron chi connectivity index (χ1n) is 8.64. The van der Waals surface area contributed by atoms with E-state index >= 15 is 0 Å². The van der Waals surface area contributed by atoms with Crippen molar-refractivity contribution in [3.05, 3.63) is 72.7 Å². The minimum Gasteiger partial charge on any atom is -0.455 e. The van der Waals surface area contributed by atoms with Crippen LogP contribution in [-0.2, 0) is 0 Å². The van der Waals surface area contributed by atoms with Crippen molar-refractivity contribution in [2.45, 2.75) is 26.3 Å². The molecule has 2 N–H and O–H groups in total. The van der Waals surface area contributed by atoms with E-state index < -0.39 is 0 Å². The lowest BCUT2D eigenvalue weighted by Gasteiger charge is -2.21. The van der Waals surface area contributed by atoms with E-state index in [1.807, 2.05) is 63.2 Å². The molecule has 0 saturated heterocycles. The summed E-state index contributed by atoms with van der Waals surface area (Å²) in [5.74, 6) is 1.51. The van der Waals surface area contributed by atoms with Gasteiger partial charge in [-0.25, -0.2) is 9.97 Å². The van der Waals surface area contributed by atoms with Gasteiger partial charge in [-0.15, -0.1) is 0 Å². The standard InChI is InChI=1S/C21H22N4O2/c1-21(2,3)25-19-13-17(22-14-23-19)20(26)24-16-11-7-8-12-18(16)27-15-9-5-4-6-10-15/h4-14H,1-3H3,(H,24,26)(H,22,23,25). The maximum Gasteiger partial charge on any atom is 0.274 e. The maximum atomic E-state index is 12.7. The number of carbonyl (C=O) groups is 1. The Bertz CT molecular complexity index is 921.